The summed E-state index contributed by atoms with van der Waals surface area (Å²) in [5.41, 5.74) is 9.09. The van der Waals surface area contributed by atoms with E-state index in [1.165, 1.54) is 43.4 Å². The van der Waals surface area contributed by atoms with Crippen molar-refractivity contribution in [2.75, 3.05) is 19.0 Å². The maximum atomic E-state index is 6.55. The Morgan fingerprint density at radius 3 is 2.37 bits per heavy atom. The predicted octanol–water partition coefficient (Wildman–Crippen LogP) is 3.97. The van der Waals surface area contributed by atoms with E-state index in [2.05, 4.69) is 50.2 Å². The average Bonchev–Trinajstić information content (AvgIpc) is 2.46. The molecule has 1 aromatic carbocycles. The van der Waals surface area contributed by atoms with E-state index in [1.807, 2.05) is 0 Å². The molecule has 0 aromatic heterocycles. The Labute approximate surface area is 118 Å². The summed E-state index contributed by atoms with van der Waals surface area (Å²) in [4.78, 5) is 2.13. The Balaban J connectivity index is 2.11. The summed E-state index contributed by atoms with van der Waals surface area (Å²) < 4.78 is 0. The molecule has 1 fully saturated rings. The summed E-state index contributed by atoms with van der Waals surface area (Å²) in [6.07, 6.45) is 6.68. The van der Waals surface area contributed by atoms with Gasteiger partial charge in [-0.3, -0.25) is 0 Å². The third kappa shape index (κ3) is 3.30. The molecule has 0 radical (unpaired) electrons. The van der Waals surface area contributed by atoms with Gasteiger partial charge in [0.2, 0.25) is 0 Å². The van der Waals surface area contributed by atoms with Crippen LogP contribution < -0.4 is 10.6 Å². The highest BCUT2D eigenvalue weighted by atomic mass is 15.1. The highest BCUT2D eigenvalue weighted by molar-refractivity contribution is 5.46. The van der Waals surface area contributed by atoms with E-state index in [1.54, 1.807) is 0 Å². The molecule has 1 aliphatic carbocycles. The zero-order valence-electron chi connectivity index (χ0n) is 12.6. The van der Waals surface area contributed by atoms with Crippen molar-refractivity contribution < 1.29 is 0 Å². The minimum atomic E-state index is 0.210. The molecule has 0 amide bonds. The van der Waals surface area contributed by atoms with Crippen molar-refractivity contribution in [2.45, 2.75) is 45.1 Å². The van der Waals surface area contributed by atoms with E-state index < -0.39 is 0 Å². The van der Waals surface area contributed by atoms with Crippen molar-refractivity contribution in [3.8, 4) is 0 Å². The van der Waals surface area contributed by atoms with Crippen LogP contribution in [-0.4, -0.2) is 14.1 Å². The van der Waals surface area contributed by atoms with Crippen LogP contribution in [0.4, 0.5) is 5.69 Å². The minimum Gasteiger partial charge on any atom is -0.378 e. The zero-order chi connectivity index (χ0) is 13.8. The van der Waals surface area contributed by atoms with Gasteiger partial charge in [0, 0.05) is 25.8 Å². The van der Waals surface area contributed by atoms with Crippen molar-refractivity contribution in [1.29, 1.82) is 0 Å². The Hall–Kier alpha value is -1.02. The third-order valence-corrected chi connectivity index (χ3v) is 4.75. The molecule has 3 unspecified atom stereocenters. The molecule has 0 heterocycles. The molecule has 3 atom stereocenters. The second-order valence-corrected chi connectivity index (χ2v) is 6.13. The van der Waals surface area contributed by atoms with Gasteiger partial charge in [-0.1, -0.05) is 44.7 Å². The maximum absolute atomic E-state index is 6.55. The fourth-order valence-electron chi connectivity index (χ4n) is 3.46. The van der Waals surface area contributed by atoms with Crippen LogP contribution in [0, 0.1) is 11.8 Å². The normalized spacial score (nSPS) is 25.1. The van der Waals surface area contributed by atoms with Gasteiger partial charge in [-0.05, 0) is 36.0 Å². The fraction of sp³-hybridized carbons (Fsp3) is 0.647. The van der Waals surface area contributed by atoms with E-state index in [0.717, 1.165) is 5.92 Å². The quantitative estimate of drug-likeness (QED) is 0.887. The molecule has 19 heavy (non-hydrogen) atoms. The predicted molar refractivity (Wildman–Crippen MR) is 83.4 cm³/mol. The number of hydrogen-bond donors (Lipinski definition) is 1. The smallest absolute Gasteiger partial charge is 0.0361 e. The van der Waals surface area contributed by atoms with Gasteiger partial charge < -0.3 is 10.6 Å². The van der Waals surface area contributed by atoms with Crippen LogP contribution in [0.15, 0.2) is 24.3 Å². The summed E-state index contributed by atoms with van der Waals surface area (Å²) in [6.45, 7) is 2.31. The van der Waals surface area contributed by atoms with E-state index >= 15 is 0 Å². The third-order valence-electron chi connectivity index (χ3n) is 4.75. The van der Waals surface area contributed by atoms with Crippen molar-refractivity contribution >= 4 is 5.69 Å². The molecule has 0 saturated heterocycles. The van der Waals surface area contributed by atoms with E-state index in [9.17, 15) is 0 Å². The molecular formula is C17H28N2. The Morgan fingerprint density at radius 2 is 1.79 bits per heavy atom. The standard InChI is InChI=1S/C17H28N2/c1-4-13-7-5-6-8-16(13)17(18)14-9-11-15(12-10-14)19(2)3/h9-13,16-17H,4-8,18H2,1-3H3. The van der Waals surface area contributed by atoms with Gasteiger partial charge in [0.1, 0.15) is 0 Å². The van der Waals surface area contributed by atoms with Crippen LogP contribution in [0.3, 0.4) is 0 Å². The summed E-state index contributed by atoms with van der Waals surface area (Å²) in [7, 11) is 4.15. The molecule has 1 aliphatic rings. The molecule has 0 spiro atoms. The number of rotatable bonds is 4. The molecule has 2 rings (SSSR count). The van der Waals surface area contributed by atoms with Crippen LogP contribution >= 0.6 is 0 Å². The second-order valence-electron chi connectivity index (χ2n) is 6.13. The summed E-state index contributed by atoms with van der Waals surface area (Å²) in [5, 5.41) is 0. The number of anilines is 1. The molecule has 106 valence electrons. The molecule has 2 N–H and O–H groups in total. The first-order chi connectivity index (χ1) is 9.13. The highest BCUT2D eigenvalue weighted by Crippen LogP contribution is 2.39. The van der Waals surface area contributed by atoms with Gasteiger partial charge in [-0.15, -0.1) is 0 Å². The molecule has 2 heteroatoms. The van der Waals surface area contributed by atoms with Crippen molar-refractivity contribution in [1.82, 2.24) is 0 Å². The van der Waals surface area contributed by atoms with E-state index in [4.69, 9.17) is 5.73 Å². The monoisotopic (exact) mass is 260 g/mol. The summed E-state index contributed by atoms with van der Waals surface area (Å²) in [5.74, 6) is 1.49. The van der Waals surface area contributed by atoms with Gasteiger partial charge in [0.15, 0.2) is 0 Å². The van der Waals surface area contributed by atoms with Crippen molar-refractivity contribution in [3.63, 3.8) is 0 Å². The van der Waals surface area contributed by atoms with Gasteiger partial charge >= 0.3 is 0 Å². The number of nitrogens with zero attached hydrogens (tertiary/aromatic N) is 1. The first kappa shape index (κ1) is 14.4. The van der Waals surface area contributed by atoms with E-state index in [0.29, 0.717) is 5.92 Å². The lowest BCUT2D eigenvalue weighted by Gasteiger charge is -2.35. The SMILES string of the molecule is CCC1CCCCC1C(N)c1ccc(N(C)C)cc1. The Bertz CT molecular complexity index is 383. The molecule has 0 bridgehead atoms. The lowest BCUT2D eigenvalue weighted by Crippen LogP contribution is -2.30. The molecule has 1 aromatic rings. The molecule has 1 saturated carbocycles. The largest absolute Gasteiger partial charge is 0.378 e. The first-order valence-corrected chi connectivity index (χ1v) is 7.66. The average molecular weight is 260 g/mol. The molecule has 0 aliphatic heterocycles. The van der Waals surface area contributed by atoms with Crippen LogP contribution in [0.25, 0.3) is 0 Å². The lowest BCUT2D eigenvalue weighted by atomic mass is 9.72. The van der Waals surface area contributed by atoms with Crippen LogP contribution in [-0.2, 0) is 0 Å². The number of benzene rings is 1. The second kappa shape index (κ2) is 6.42. The Morgan fingerprint density at radius 1 is 1.16 bits per heavy atom. The van der Waals surface area contributed by atoms with Crippen LogP contribution in [0.2, 0.25) is 0 Å². The molecule has 2 nitrogen and oxygen atoms in total. The topological polar surface area (TPSA) is 29.3 Å². The van der Waals surface area contributed by atoms with Crippen molar-refractivity contribution in [2.24, 2.45) is 17.6 Å². The van der Waals surface area contributed by atoms with Crippen LogP contribution in [0.1, 0.15) is 50.6 Å². The van der Waals surface area contributed by atoms with Gasteiger partial charge in [-0.25, -0.2) is 0 Å². The van der Waals surface area contributed by atoms with Gasteiger partial charge in [0.05, 0.1) is 0 Å². The van der Waals surface area contributed by atoms with Crippen molar-refractivity contribution in [3.05, 3.63) is 29.8 Å². The van der Waals surface area contributed by atoms with Gasteiger partial charge in [0.25, 0.3) is 0 Å². The first-order valence-electron chi connectivity index (χ1n) is 7.66. The van der Waals surface area contributed by atoms with E-state index in [-0.39, 0.29) is 6.04 Å². The zero-order valence-corrected chi connectivity index (χ0v) is 12.6. The summed E-state index contributed by atoms with van der Waals surface area (Å²) in [6, 6.07) is 8.99. The van der Waals surface area contributed by atoms with Gasteiger partial charge in [-0.2, -0.15) is 0 Å². The van der Waals surface area contributed by atoms with Crippen LogP contribution in [0.5, 0.6) is 0 Å². The maximum Gasteiger partial charge on any atom is 0.0361 e. The Kier molecular flexibility index (Phi) is 4.87. The minimum absolute atomic E-state index is 0.210. The number of hydrogen-bond acceptors (Lipinski definition) is 2. The highest BCUT2D eigenvalue weighted by Gasteiger charge is 2.29. The molecular weight excluding hydrogens is 232 g/mol. The fourth-order valence-corrected chi connectivity index (χ4v) is 3.46. The summed E-state index contributed by atoms with van der Waals surface area (Å²) >= 11 is 0. The number of nitrogens with two attached hydrogens (primary N) is 1. The lowest BCUT2D eigenvalue weighted by molar-refractivity contribution is 0.196.